The fraction of sp³-hybridized carbons (Fsp3) is 0.333. The Bertz CT molecular complexity index is 401. The fourth-order valence-corrected chi connectivity index (χ4v) is 1.15. The van der Waals surface area contributed by atoms with Crippen LogP contribution >= 0.6 is 0 Å². The Morgan fingerprint density at radius 1 is 1.21 bits per heavy atom. The van der Waals surface area contributed by atoms with E-state index >= 15 is 0 Å². The van der Waals surface area contributed by atoms with Crippen molar-refractivity contribution in [2.75, 3.05) is 0 Å². The van der Waals surface area contributed by atoms with Crippen molar-refractivity contribution in [1.29, 1.82) is 0 Å². The van der Waals surface area contributed by atoms with Crippen molar-refractivity contribution in [3.8, 4) is 0 Å². The van der Waals surface area contributed by atoms with Gasteiger partial charge in [-0.25, -0.2) is 0 Å². The van der Waals surface area contributed by atoms with Crippen molar-refractivity contribution in [3.63, 3.8) is 0 Å². The van der Waals surface area contributed by atoms with Crippen molar-refractivity contribution >= 4 is 12.3 Å². The van der Waals surface area contributed by atoms with Crippen LogP contribution in [0.3, 0.4) is 0 Å². The Labute approximate surface area is 97.3 Å². The van der Waals surface area contributed by atoms with Crippen molar-refractivity contribution in [3.05, 3.63) is 34.7 Å². The van der Waals surface area contributed by atoms with Crippen LogP contribution < -0.4 is 34.4 Å². The molecule has 1 aromatic carbocycles. The zero-order valence-corrected chi connectivity index (χ0v) is 9.42. The SMILES string of the molecule is C=c1cccc/c1=C(/[O-])C(C)(C)C.[Li+]. The molecule has 1 nitrogen and oxygen atoms in total. The summed E-state index contributed by atoms with van der Waals surface area (Å²) in [5.74, 6) is 0.151. The van der Waals surface area contributed by atoms with E-state index in [4.69, 9.17) is 0 Å². The van der Waals surface area contributed by atoms with Crippen molar-refractivity contribution < 1.29 is 24.0 Å². The predicted molar refractivity (Wildman–Crippen MR) is 54.1 cm³/mol. The van der Waals surface area contributed by atoms with Crippen molar-refractivity contribution in [2.45, 2.75) is 20.8 Å². The van der Waals surface area contributed by atoms with Crippen molar-refractivity contribution in [1.82, 2.24) is 0 Å². The molecular formula is C12H15LiO. The van der Waals surface area contributed by atoms with E-state index in [2.05, 4.69) is 6.58 Å². The smallest absolute Gasteiger partial charge is 0.875 e. The Balaban J connectivity index is 0.00000169. The minimum Gasteiger partial charge on any atom is -0.875 e. The largest absolute Gasteiger partial charge is 1.00 e. The van der Waals surface area contributed by atoms with Gasteiger partial charge in [-0.1, -0.05) is 51.6 Å². The molecule has 0 saturated heterocycles. The molecule has 0 aromatic heterocycles. The molecule has 14 heavy (non-hydrogen) atoms. The van der Waals surface area contributed by atoms with Gasteiger partial charge in [-0.15, -0.1) is 5.76 Å². The molecule has 0 saturated carbocycles. The summed E-state index contributed by atoms with van der Waals surface area (Å²) in [4.78, 5) is 0. The molecule has 0 aliphatic heterocycles. The van der Waals surface area contributed by atoms with Gasteiger partial charge in [0.25, 0.3) is 0 Å². The Morgan fingerprint density at radius 3 is 2.14 bits per heavy atom. The molecule has 0 N–H and O–H groups in total. The van der Waals surface area contributed by atoms with Crippen LogP contribution in [0.4, 0.5) is 0 Å². The molecule has 1 rings (SSSR count). The van der Waals surface area contributed by atoms with Crippen LogP contribution in [-0.2, 0) is 0 Å². The second-order valence-corrected chi connectivity index (χ2v) is 4.24. The van der Waals surface area contributed by atoms with E-state index < -0.39 is 0 Å². The standard InChI is InChI=1S/C12H16O.Li/c1-9-7-5-6-8-10(9)11(13)12(2,3)4;/h5-8,13H,1H2,2-4H3;/q;+1/p-1/b11-10-;. The van der Waals surface area contributed by atoms with Crippen LogP contribution in [0.25, 0.3) is 12.3 Å². The maximum Gasteiger partial charge on any atom is 1.00 e. The van der Waals surface area contributed by atoms with Crippen LogP contribution in [-0.4, -0.2) is 0 Å². The average molecular weight is 182 g/mol. The van der Waals surface area contributed by atoms with Gasteiger partial charge in [0.05, 0.1) is 0 Å². The first-order valence-corrected chi connectivity index (χ1v) is 4.39. The second-order valence-electron chi connectivity index (χ2n) is 4.24. The molecule has 1 aromatic rings. The van der Waals surface area contributed by atoms with Crippen LogP contribution in [0.15, 0.2) is 24.3 Å². The van der Waals surface area contributed by atoms with Gasteiger partial charge >= 0.3 is 18.9 Å². The maximum atomic E-state index is 11.8. The summed E-state index contributed by atoms with van der Waals surface area (Å²) < 4.78 is 0. The van der Waals surface area contributed by atoms with Crippen LogP contribution in [0.1, 0.15) is 20.8 Å². The normalized spacial score (nSPS) is 13.1. The van der Waals surface area contributed by atoms with E-state index in [-0.39, 0.29) is 30.0 Å². The second kappa shape index (κ2) is 4.73. The quantitative estimate of drug-likeness (QED) is 0.411. The summed E-state index contributed by atoms with van der Waals surface area (Å²) in [7, 11) is 0. The van der Waals surface area contributed by atoms with E-state index in [0.717, 1.165) is 10.4 Å². The van der Waals surface area contributed by atoms with Gasteiger partial charge in [0.15, 0.2) is 0 Å². The third-order valence-corrected chi connectivity index (χ3v) is 1.94. The minimum atomic E-state index is -0.326. The molecule has 0 aliphatic carbocycles. The van der Waals surface area contributed by atoms with E-state index in [0.29, 0.717) is 0 Å². The maximum absolute atomic E-state index is 11.8. The average Bonchev–Trinajstić information content (AvgIpc) is 2.02. The van der Waals surface area contributed by atoms with Gasteiger partial charge in [-0.2, -0.15) is 0 Å². The molecule has 0 radical (unpaired) electrons. The predicted octanol–water partition coefficient (Wildman–Crippen LogP) is -2.38. The van der Waals surface area contributed by atoms with Crippen LogP contribution in [0.5, 0.6) is 0 Å². The first-order chi connectivity index (χ1) is 5.93. The summed E-state index contributed by atoms with van der Waals surface area (Å²) in [5, 5.41) is 13.4. The summed E-state index contributed by atoms with van der Waals surface area (Å²) in [6.07, 6.45) is 0. The third kappa shape index (κ3) is 2.94. The van der Waals surface area contributed by atoms with E-state index in [1.165, 1.54) is 0 Å². The zero-order valence-electron chi connectivity index (χ0n) is 9.42. The Kier molecular flexibility index (Phi) is 4.51. The topological polar surface area (TPSA) is 23.1 Å². The molecule has 0 heterocycles. The Hall–Kier alpha value is -0.643. The van der Waals surface area contributed by atoms with Gasteiger partial charge in [0, 0.05) is 0 Å². The number of benzene rings is 1. The molecular weight excluding hydrogens is 167 g/mol. The molecule has 0 aliphatic rings. The van der Waals surface area contributed by atoms with E-state index in [9.17, 15) is 5.11 Å². The van der Waals surface area contributed by atoms with Crippen molar-refractivity contribution in [2.24, 2.45) is 5.41 Å². The molecule has 0 atom stereocenters. The van der Waals surface area contributed by atoms with Gasteiger partial charge < -0.3 is 5.11 Å². The summed E-state index contributed by atoms with van der Waals surface area (Å²) in [6, 6.07) is 7.45. The Morgan fingerprint density at radius 2 is 1.71 bits per heavy atom. The van der Waals surface area contributed by atoms with E-state index in [1.54, 1.807) is 0 Å². The molecule has 0 unspecified atom stereocenters. The summed E-state index contributed by atoms with van der Waals surface area (Å²) >= 11 is 0. The summed E-state index contributed by atoms with van der Waals surface area (Å²) in [6.45, 7) is 9.59. The van der Waals surface area contributed by atoms with E-state index in [1.807, 2.05) is 45.0 Å². The van der Waals surface area contributed by atoms with Gasteiger partial charge in [-0.05, 0) is 15.9 Å². The molecule has 2 heteroatoms. The fourth-order valence-electron chi connectivity index (χ4n) is 1.15. The molecule has 0 amide bonds. The molecule has 0 bridgehead atoms. The third-order valence-electron chi connectivity index (χ3n) is 1.94. The number of hydrogen-bond acceptors (Lipinski definition) is 1. The molecule has 0 spiro atoms. The van der Waals surface area contributed by atoms with Crippen LogP contribution in [0.2, 0.25) is 0 Å². The van der Waals surface area contributed by atoms with Gasteiger partial charge in [0.2, 0.25) is 0 Å². The van der Waals surface area contributed by atoms with Gasteiger partial charge in [0.1, 0.15) is 0 Å². The number of hydrogen-bond donors (Lipinski definition) is 0. The first-order valence-electron chi connectivity index (χ1n) is 4.39. The van der Waals surface area contributed by atoms with Gasteiger partial charge in [-0.3, -0.25) is 0 Å². The monoisotopic (exact) mass is 182 g/mol. The summed E-state index contributed by atoms with van der Waals surface area (Å²) in [5.41, 5.74) is -0.326. The molecule has 0 fully saturated rings. The zero-order chi connectivity index (χ0) is 10.1. The van der Waals surface area contributed by atoms with Crippen LogP contribution in [0, 0.1) is 5.41 Å². The minimum absolute atomic E-state index is 0. The number of rotatable bonds is 0. The first kappa shape index (κ1) is 13.4. The molecule has 70 valence electrons.